The number of aliphatic hydroxyl groups excluding tert-OH is 1. The predicted octanol–water partition coefficient (Wildman–Crippen LogP) is 3.89. The van der Waals surface area contributed by atoms with E-state index in [4.69, 9.17) is 34.8 Å². The number of nitrogens with one attached hydrogen (secondary N) is 1. The number of benzene rings is 1. The minimum Gasteiger partial charge on any atom is -0.387 e. The first-order valence-corrected chi connectivity index (χ1v) is 7.34. The second-order valence-corrected chi connectivity index (χ2v) is 7.29. The van der Waals surface area contributed by atoms with E-state index in [-0.39, 0.29) is 0 Å². The highest BCUT2D eigenvalue weighted by Crippen LogP contribution is 2.37. The molecule has 0 aliphatic heterocycles. The van der Waals surface area contributed by atoms with Gasteiger partial charge in [0.15, 0.2) is 0 Å². The predicted molar refractivity (Wildman–Crippen MR) is 79.9 cm³/mol. The van der Waals surface area contributed by atoms with Crippen molar-refractivity contribution >= 4 is 56.2 Å². The highest BCUT2D eigenvalue weighted by Gasteiger charge is 2.37. The van der Waals surface area contributed by atoms with Gasteiger partial charge in [-0.3, -0.25) is 0 Å². The van der Waals surface area contributed by atoms with Gasteiger partial charge in [-0.1, -0.05) is 40.9 Å². The van der Waals surface area contributed by atoms with Crippen LogP contribution in [0.15, 0.2) is 29.6 Å². The molecule has 0 saturated heterocycles. The lowest BCUT2D eigenvalue weighted by molar-refractivity contribution is 0.134. The van der Waals surface area contributed by atoms with Crippen molar-refractivity contribution in [1.82, 2.24) is 5.32 Å². The van der Waals surface area contributed by atoms with Crippen LogP contribution in [0.4, 0.5) is 0 Å². The molecule has 0 bridgehead atoms. The highest BCUT2D eigenvalue weighted by atomic mass is 35.6. The fourth-order valence-electron chi connectivity index (χ4n) is 1.86. The van der Waals surface area contributed by atoms with Crippen molar-refractivity contribution in [1.29, 1.82) is 0 Å². The zero-order chi connectivity index (χ0) is 13.3. The summed E-state index contributed by atoms with van der Waals surface area (Å²) in [4.78, 5) is 0. The summed E-state index contributed by atoms with van der Waals surface area (Å²) in [5.41, 5.74) is 0.728. The maximum Gasteiger partial charge on any atom is 0.208 e. The third kappa shape index (κ3) is 2.93. The summed E-state index contributed by atoms with van der Waals surface area (Å²) in [6, 6.07) is 7.06. The standard InChI is InChI=1S/C12H12Cl3NOS/c1-16-11(12(13,14)15)10(17)8-2-3-9-7(6-8)4-5-18-9/h2-6,10-11,16-17H,1H3. The molecular weight excluding hydrogens is 313 g/mol. The fraction of sp³-hybridized carbons (Fsp3) is 0.333. The molecule has 2 atom stereocenters. The zero-order valence-electron chi connectivity index (χ0n) is 9.53. The molecule has 6 heteroatoms. The Bertz CT molecular complexity index is 537. The lowest BCUT2D eigenvalue weighted by Crippen LogP contribution is -2.42. The molecule has 2 N–H and O–H groups in total. The largest absolute Gasteiger partial charge is 0.387 e. The summed E-state index contributed by atoms with van der Waals surface area (Å²) in [6.45, 7) is 0. The minimum absolute atomic E-state index is 0.668. The molecule has 0 amide bonds. The normalized spacial score (nSPS) is 15.8. The number of hydrogen-bond acceptors (Lipinski definition) is 3. The fourth-order valence-corrected chi connectivity index (χ4v) is 3.32. The Hall–Kier alpha value is -0.0300. The molecule has 0 aliphatic rings. The number of rotatable bonds is 3. The monoisotopic (exact) mass is 323 g/mol. The lowest BCUT2D eigenvalue weighted by atomic mass is 10.0. The van der Waals surface area contributed by atoms with Gasteiger partial charge in [0.2, 0.25) is 3.79 Å². The Morgan fingerprint density at radius 2 is 2.00 bits per heavy atom. The van der Waals surface area contributed by atoms with Gasteiger partial charge in [0, 0.05) is 4.70 Å². The lowest BCUT2D eigenvalue weighted by Gasteiger charge is -2.28. The summed E-state index contributed by atoms with van der Waals surface area (Å²) in [7, 11) is 1.65. The van der Waals surface area contributed by atoms with E-state index in [1.807, 2.05) is 29.6 Å². The smallest absolute Gasteiger partial charge is 0.208 e. The van der Waals surface area contributed by atoms with Crippen LogP contribution >= 0.6 is 46.1 Å². The third-order valence-corrected chi connectivity index (χ3v) is 4.40. The topological polar surface area (TPSA) is 32.3 Å². The van der Waals surface area contributed by atoms with Gasteiger partial charge >= 0.3 is 0 Å². The van der Waals surface area contributed by atoms with Gasteiger partial charge in [-0.15, -0.1) is 11.3 Å². The molecule has 1 aromatic carbocycles. The van der Waals surface area contributed by atoms with Crippen LogP contribution < -0.4 is 5.32 Å². The van der Waals surface area contributed by atoms with Crippen molar-refractivity contribution in [2.24, 2.45) is 0 Å². The molecule has 2 aromatic rings. The van der Waals surface area contributed by atoms with Crippen molar-refractivity contribution < 1.29 is 5.11 Å². The van der Waals surface area contributed by atoms with Gasteiger partial charge < -0.3 is 10.4 Å². The van der Waals surface area contributed by atoms with Gasteiger partial charge in [0.1, 0.15) is 0 Å². The van der Waals surface area contributed by atoms with E-state index in [1.165, 1.54) is 4.70 Å². The molecule has 0 aliphatic carbocycles. The summed E-state index contributed by atoms with van der Waals surface area (Å²) < 4.78 is -0.404. The Balaban J connectivity index is 2.34. The van der Waals surface area contributed by atoms with Crippen LogP contribution in [0.1, 0.15) is 11.7 Å². The number of thiophene rings is 1. The van der Waals surface area contributed by atoms with Crippen LogP contribution in [0.2, 0.25) is 0 Å². The van der Waals surface area contributed by atoms with Crippen LogP contribution in [0.5, 0.6) is 0 Å². The summed E-state index contributed by atoms with van der Waals surface area (Å²) in [5.74, 6) is 0. The second-order valence-electron chi connectivity index (χ2n) is 3.97. The van der Waals surface area contributed by atoms with E-state index in [2.05, 4.69) is 5.32 Å². The molecule has 18 heavy (non-hydrogen) atoms. The van der Waals surface area contributed by atoms with Crippen LogP contribution in [-0.2, 0) is 0 Å². The van der Waals surface area contributed by atoms with Crippen LogP contribution in [0, 0.1) is 0 Å². The van der Waals surface area contributed by atoms with Gasteiger partial charge in [-0.25, -0.2) is 0 Å². The van der Waals surface area contributed by atoms with Crippen molar-refractivity contribution in [2.45, 2.75) is 15.9 Å². The first-order valence-electron chi connectivity index (χ1n) is 5.32. The Labute approximate surface area is 124 Å². The van der Waals surface area contributed by atoms with E-state index < -0.39 is 15.9 Å². The summed E-state index contributed by atoms with van der Waals surface area (Å²) in [6.07, 6.45) is -0.883. The Morgan fingerprint density at radius 1 is 1.28 bits per heavy atom. The Morgan fingerprint density at radius 3 is 2.61 bits per heavy atom. The quantitative estimate of drug-likeness (QED) is 0.840. The molecule has 2 rings (SSSR count). The molecule has 0 spiro atoms. The zero-order valence-corrected chi connectivity index (χ0v) is 12.6. The molecule has 1 aromatic heterocycles. The first-order chi connectivity index (χ1) is 8.43. The number of aliphatic hydroxyl groups is 1. The van der Waals surface area contributed by atoms with E-state index in [0.29, 0.717) is 0 Å². The Kier molecular flexibility index (Phi) is 4.42. The van der Waals surface area contributed by atoms with Crippen molar-refractivity contribution in [3.8, 4) is 0 Å². The molecular formula is C12H12Cl3NOS. The third-order valence-electron chi connectivity index (χ3n) is 2.80. The molecule has 98 valence electrons. The SMILES string of the molecule is CNC(C(O)c1ccc2sccc2c1)C(Cl)(Cl)Cl. The molecule has 0 saturated carbocycles. The average molecular weight is 325 g/mol. The van der Waals surface area contributed by atoms with E-state index in [0.717, 1.165) is 10.9 Å². The number of halogens is 3. The van der Waals surface area contributed by atoms with Crippen LogP contribution in [-0.4, -0.2) is 22.0 Å². The number of hydrogen-bond donors (Lipinski definition) is 2. The highest BCUT2D eigenvalue weighted by molar-refractivity contribution is 7.17. The van der Waals surface area contributed by atoms with Crippen molar-refractivity contribution in [3.63, 3.8) is 0 Å². The maximum absolute atomic E-state index is 10.3. The van der Waals surface area contributed by atoms with Crippen molar-refractivity contribution in [2.75, 3.05) is 7.05 Å². The number of alkyl halides is 3. The van der Waals surface area contributed by atoms with E-state index >= 15 is 0 Å². The van der Waals surface area contributed by atoms with Gasteiger partial charge in [0.05, 0.1) is 12.1 Å². The van der Waals surface area contributed by atoms with Crippen LogP contribution in [0.3, 0.4) is 0 Å². The summed E-state index contributed by atoms with van der Waals surface area (Å²) >= 11 is 19.2. The average Bonchev–Trinajstić information content (AvgIpc) is 2.74. The first kappa shape index (κ1) is 14.4. The van der Waals surface area contributed by atoms with Crippen molar-refractivity contribution in [3.05, 3.63) is 35.2 Å². The summed E-state index contributed by atoms with van der Waals surface area (Å²) in [5, 5.41) is 16.2. The molecule has 0 radical (unpaired) electrons. The van der Waals surface area contributed by atoms with E-state index in [1.54, 1.807) is 18.4 Å². The van der Waals surface area contributed by atoms with Gasteiger partial charge in [-0.2, -0.15) is 0 Å². The second kappa shape index (κ2) is 5.53. The molecule has 0 fully saturated rings. The maximum atomic E-state index is 10.3. The molecule has 2 nitrogen and oxygen atoms in total. The minimum atomic E-state index is -1.57. The molecule has 2 unspecified atom stereocenters. The van der Waals surface area contributed by atoms with Gasteiger partial charge in [0.25, 0.3) is 0 Å². The van der Waals surface area contributed by atoms with E-state index in [9.17, 15) is 5.11 Å². The number of fused-ring (bicyclic) bond motifs is 1. The number of likely N-dealkylation sites (N-methyl/N-ethyl adjacent to an activating group) is 1. The van der Waals surface area contributed by atoms with Crippen LogP contribution in [0.25, 0.3) is 10.1 Å². The molecule has 1 heterocycles. The van der Waals surface area contributed by atoms with Gasteiger partial charge in [-0.05, 0) is 41.6 Å².